The molecule has 3 aromatic rings. The number of amides is 2. The van der Waals surface area contributed by atoms with Gasteiger partial charge in [-0.05, 0) is 38.0 Å². The largest absolute Gasteiger partial charge is 0.339 e. The molecule has 1 N–H and O–H groups in total. The van der Waals surface area contributed by atoms with Crippen molar-refractivity contribution in [1.82, 2.24) is 9.47 Å². The van der Waals surface area contributed by atoms with Gasteiger partial charge in [0.2, 0.25) is 5.91 Å². The Bertz CT molecular complexity index is 1130. The van der Waals surface area contributed by atoms with Crippen LogP contribution in [-0.4, -0.2) is 34.4 Å². The summed E-state index contributed by atoms with van der Waals surface area (Å²) in [6, 6.07) is 16.1. The normalized spacial score (nSPS) is 13.6. The van der Waals surface area contributed by atoms with Crippen LogP contribution >= 0.6 is 0 Å². The number of hydrogen-bond acceptors (Lipinski definition) is 3. The number of anilines is 1. The Morgan fingerprint density at radius 2 is 1.69 bits per heavy atom. The maximum Gasteiger partial charge on any atom is 0.254 e. The maximum atomic E-state index is 12.9. The summed E-state index contributed by atoms with van der Waals surface area (Å²) in [5, 5.41) is 3.51. The molecule has 0 bridgehead atoms. The highest BCUT2D eigenvalue weighted by Crippen LogP contribution is 2.21. The van der Waals surface area contributed by atoms with E-state index in [4.69, 9.17) is 0 Å². The summed E-state index contributed by atoms with van der Waals surface area (Å²) >= 11 is 0. The first kappa shape index (κ1) is 18.9. The van der Waals surface area contributed by atoms with Crippen molar-refractivity contribution < 1.29 is 9.59 Å². The second-order valence-corrected chi connectivity index (χ2v) is 7.41. The third kappa shape index (κ3) is 3.92. The number of carbonyl (C=O) groups is 2. The number of rotatable bonds is 4. The molecule has 148 valence electrons. The summed E-state index contributed by atoms with van der Waals surface area (Å²) in [6.45, 7) is 3.29. The number of nitrogens with one attached hydrogen (secondary N) is 1. The molecular weight excluding hydrogens is 366 g/mol. The molecule has 0 unspecified atom stereocenters. The van der Waals surface area contributed by atoms with E-state index in [9.17, 15) is 14.4 Å². The summed E-state index contributed by atoms with van der Waals surface area (Å²) < 4.78 is 1.42. The molecule has 4 rings (SSSR count). The lowest BCUT2D eigenvalue weighted by molar-refractivity contribution is -0.116. The molecule has 0 radical (unpaired) electrons. The maximum absolute atomic E-state index is 12.9. The van der Waals surface area contributed by atoms with Gasteiger partial charge in [0.1, 0.15) is 6.54 Å². The number of nitrogens with zero attached hydrogens (tertiary/aromatic N) is 2. The quantitative estimate of drug-likeness (QED) is 0.745. The molecule has 6 nitrogen and oxygen atoms in total. The van der Waals surface area contributed by atoms with Crippen LogP contribution in [0.3, 0.4) is 0 Å². The highest BCUT2D eigenvalue weighted by molar-refractivity contribution is 6.06. The number of likely N-dealkylation sites (tertiary alicyclic amines) is 1. The summed E-state index contributed by atoms with van der Waals surface area (Å²) in [7, 11) is 0. The van der Waals surface area contributed by atoms with Crippen molar-refractivity contribution >= 4 is 28.4 Å². The third-order valence-corrected chi connectivity index (χ3v) is 5.28. The van der Waals surface area contributed by atoms with Gasteiger partial charge in [0.15, 0.2) is 0 Å². The Balaban J connectivity index is 1.66. The van der Waals surface area contributed by atoms with Crippen LogP contribution in [0.4, 0.5) is 5.69 Å². The van der Waals surface area contributed by atoms with Gasteiger partial charge in [0.05, 0.1) is 11.1 Å². The van der Waals surface area contributed by atoms with Crippen LogP contribution in [0.2, 0.25) is 0 Å². The molecule has 1 aromatic heterocycles. The molecule has 29 heavy (non-hydrogen) atoms. The molecule has 2 heterocycles. The zero-order chi connectivity index (χ0) is 20.4. The third-order valence-electron chi connectivity index (χ3n) is 5.28. The number of aryl methyl sites for hydroxylation is 1. The van der Waals surface area contributed by atoms with Crippen LogP contribution in [-0.2, 0) is 11.3 Å². The first-order valence-corrected chi connectivity index (χ1v) is 9.81. The number of hydrogen-bond donors (Lipinski definition) is 1. The van der Waals surface area contributed by atoms with Gasteiger partial charge in [-0.2, -0.15) is 0 Å². The van der Waals surface area contributed by atoms with Gasteiger partial charge in [0.25, 0.3) is 11.5 Å². The van der Waals surface area contributed by atoms with Gasteiger partial charge in [-0.25, -0.2) is 0 Å². The topological polar surface area (TPSA) is 71.4 Å². The lowest BCUT2D eigenvalue weighted by atomic mass is 10.1. The van der Waals surface area contributed by atoms with Gasteiger partial charge in [-0.3, -0.25) is 19.0 Å². The van der Waals surface area contributed by atoms with E-state index < -0.39 is 0 Å². The Hall–Kier alpha value is -3.41. The van der Waals surface area contributed by atoms with Crippen molar-refractivity contribution in [2.45, 2.75) is 26.3 Å². The highest BCUT2D eigenvalue weighted by Gasteiger charge is 2.23. The first-order chi connectivity index (χ1) is 14.0. The monoisotopic (exact) mass is 389 g/mol. The average Bonchev–Trinajstić information content (AvgIpc) is 3.26. The number of carbonyl (C=O) groups excluding carboxylic acids is 2. The second-order valence-electron chi connectivity index (χ2n) is 7.41. The standard InChI is InChI=1S/C23H23N3O3/c1-16-8-10-17(11-9-16)24-21(27)15-26-20-7-3-2-6-18(20)19(14-22(26)28)23(29)25-12-4-5-13-25/h2-3,6-11,14H,4-5,12-13,15H2,1H3,(H,24,27). The minimum absolute atomic E-state index is 0.118. The van der Waals surface area contributed by atoms with Crippen LogP contribution in [0.15, 0.2) is 59.4 Å². The van der Waals surface area contributed by atoms with Crippen LogP contribution in [0, 0.1) is 6.92 Å². The minimum atomic E-state index is -0.356. The molecule has 0 spiro atoms. The summed E-state index contributed by atoms with van der Waals surface area (Å²) in [6.07, 6.45) is 1.97. The lowest BCUT2D eigenvalue weighted by Crippen LogP contribution is -2.32. The molecule has 1 aliphatic heterocycles. The summed E-state index contributed by atoms with van der Waals surface area (Å²) in [5.41, 5.74) is 2.41. The Labute approximate surface area is 168 Å². The molecule has 0 aliphatic carbocycles. The van der Waals surface area contributed by atoms with Gasteiger partial charge in [-0.1, -0.05) is 35.9 Å². The lowest BCUT2D eigenvalue weighted by Gasteiger charge is -2.18. The van der Waals surface area contributed by atoms with Gasteiger partial charge >= 0.3 is 0 Å². The highest BCUT2D eigenvalue weighted by atomic mass is 16.2. The zero-order valence-corrected chi connectivity index (χ0v) is 16.4. The SMILES string of the molecule is Cc1ccc(NC(=O)Cn2c(=O)cc(C(=O)N3CCCC3)c3ccccc32)cc1. The van der Waals surface area contributed by atoms with Crippen molar-refractivity contribution in [1.29, 1.82) is 0 Å². The smallest absolute Gasteiger partial charge is 0.254 e. The van der Waals surface area contributed by atoms with Crippen molar-refractivity contribution in [3.05, 3.63) is 76.1 Å². The van der Waals surface area contributed by atoms with Crippen molar-refractivity contribution in [2.75, 3.05) is 18.4 Å². The molecule has 1 aliphatic rings. The van der Waals surface area contributed by atoms with E-state index in [1.165, 1.54) is 10.6 Å². The van der Waals surface area contributed by atoms with E-state index in [1.54, 1.807) is 17.0 Å². The molecule has 0 atom stereocenters. The fraction of sp³-hybridized carbons (Fsp3) is 0.261. The molecule has 6 heteroatoms. The number of para-hydroxylation sites is 1. The molecule has 0 saturated carbocycles. The van der Waals surface area contributed by atoms with Gasteiger partial charge < -0.3 is 10.2 Å². The second kappa shape index (κ2) is 7.91. The summed E-state index contributed by atoms with van der Waals surface area (Å²) in [5.74, 6) is -0.410. The van der Waals surface area contributed by atoms with E-state index >= 15 is 0 Å². The van der Waals surface area contributed by atoms with Gasteiger partial charge in [0, 0.05) is 30.2 Å². The van der Waals surface area contributed by atoms with Gasteiger partial charge in [-0.15, -0.1) is 0 Å². The summed E-state index contributed by atoms with van der Waals surface area (Å²) in [4.78, 5) is 40.1. The van der Waals surface area contributed by atoms with Crippen molar-refractivity contribution in [3.63, 3.8) is 0 Å². The molecule has 2 amide bonds. The predicted molar refractivity (Wildman–Crippen MR) is 113 cm³/mol. The van der Waals surface area contributed by atoms with E-state index in [1.807, 2.05) is 43.3 Å². The number of benzene rings is 2. The van der Waals surface area contributed by atoms with Crippen molar-refractivity contribution in [2.24, 2.45) is 0 Å². The van der Waals surface area contributed by atoms with E-state index in [2.05, 4.69) is 5.32 Å². The van der Waals surface area contributed by atoms with E-state index in [-0.39, 0.29) is 23.9 Å². The number of fused-ring (bicyclic) bond motifs is 1. The van der Waals surface area contributed by atoms with E-state index in [0.717, 1.165) is 31.5 Å². The molecular formula is C23H23N3O3. The van der Waals surface area contributed by atoms with Crippen LogP contribution < -0.4 is 10.9 Å². The molecule has 2 aromatic carbocycles. The fourth-order valence-corrected chi connectivity index (χ4v) is 3.75. The first-order valence-electron chi connectivity index (χ1n) is 9.81. The predicted octanol–water partition coefficient (Wildman–Crippen LogP) is 3.18. The average molecular weight is 389 g/mol. The Morgan fingerprint density at radius 3 is 2.41 bits per heavy atom. The zero-order valence-electron chi connectivity index (χ0n) is 16.4. The van der Waals surface area contributed by atoms with Crippen LogP contribution in [0.1, 0.15) is 28.8 Å². The Kier molecular flexibility index (Phi) is 5.16. The fourth-order valence-electron chi connectivity index (χ4n) is 3.75. The number of pyridine rings is 1. The van der Waals surface area contributed by atoms with Crippen LogP contribution in [0.5, 0.6) is 0 Å². The number of aromatic nitrogens is 1. The molecule has 1 fully saturated rings. The van der Waals surface area contributed by atoms with E-state index in [0.29, 0.717) is 22.2 Å². The van der Waals surface area contributed by atoms with Crippen LogP contribution in [0.25, 0.3) is 10.9 Å². The minimum Gasteiger partial charge on any atom is -0.339 e. The van der Waals surface area contributed by atoms with Crippen molar-refractivity contribution in [3.8, 4) is 0 Å². The Morgan fingerprint density at radius 1 is 1.00 bits per heavy atom. The molecule has 1 saturated heterocycles.